The molecule has 0 saturated heterocycles. The highest BCUT2D eigenvalue weighted by molar-refractivity contribution is 6.16. The monoisotopic (exact) mass is 396 g/mol. The minimum absolute atomic E-state index is 0.0202. The smallest absolute Gasteiger partial charge is 0.373 e. The Bertz CT molecular complexity index is 1120. The summed E-state index contributed by atoms with van der Waals surface area (Å²) in [5, 5.41) is 11.1. The summed E-state index contributed by atoms with van der Waals surface area (Å²) in [6.45, 7) is 0.0202. The number of carbonyl (C=O) groups is 2. The maximum Gasteiger partial charge on any atom is 0.373 e. The van der Waals surface area contributed by atoms with E-state index in [-0.39, 0.29) is 17.9 Å². The Balaban J connectivity index is 2.12. The Kier molecular flexibility index (Phi) is 4.69. The molecule has 0 aromatic heterocycles. The van der Waals surface area contributed by atoms with E-state index in [1.807, 2.05) is 0 Å². The van der Waals surface area contributed by atoms with Crippen LogP contribution in [0.25, 0.3) is 21.9 Å². The van der Waals surface area contributed by atoms with E-state index in [1.165, 1.54) is 20.3 Å². The largest absolute Gasteiger partial charge is 0.497 e. The summed E-state index contributed by atoms with van der Waals surface area (Å²) in [6.07, 6.45) is 0. The lowest BCUT2D eigenvalue weighted by molar-refractivity contribution is -0.216. The highest BCUT2D eigenvalue weighted by Crippen LogP contribution is 2.46. The molecule has 0 fully saturated rings. The first-order valence-corrected chi connectivity index (χ1v) is 8.57. The van der Waals surface area contributed by atoms with E-state index >= 15 is 0 Å². The molecule has 8 nitrogen and oxygen atoms in total. The summed E-state index contributed by atoms with van der Waals surface area (Å²) in [5.74, 6) is -0.690. The molecule has 8 heteroatoms. The molecular weight excluding hydrogens is 380 g/mol. The number of ether oxygens (including phenoxy) is 3. The third kappa shape index (κ3) is 3.09. The number of hydrogen-bond acceptors (Lipinski definition) is 7. The van der Waals surface area contributed by atoms with Crippen molar-refractivity contribution in [2.24, 2.45) is 0 Å². The van der Waals surface area contributed by atoms with Gasteiger partial charge in [0.25, 0.3) is 0 Å². The highest BCUT2D eigenvalue weighted by Gasteiger charge is 2.29. The minimum Gasteiger partial charge on any atom is -0.497 e. The number of rotatable bonds is 5. The van der Waals surface area contributed by atoms with Crippen LogP contribution in [0.1, 0.15) is 20.7 Å². The zero-order chi connectivity index (χ0) is 20.5. The molecule has 0 saturated carbocycles. The summed E-state index contributed by atoms with van der Waals surface area (Å²) in [7, 11) is 2.70. The lowest BCUT2D eigenvalue weighted by Gasteiger charge is -2.16. The van der Waals surface area contributed by atoms with Gasteiger partial charge in [-0.1, -0.05) is 18.2 Å². The summed E-state index contributed by atoms with van der Waals surface area (Å²) in [6, 6.07) is 11.7. The van der Waals surface area contributed by atoms with Gasteiger partial charge >= 0.3 is 11.9 Å². The average Bonchev–Trinajstić information content (AvgIpc) is 3.21. The molecule has 0 amide bonds. The SMILES string of the molecule is COOC(=O)c1cc2ccc3c(c2c(-c2ccc(OC)cc2)c1C(=O)O)OCO3. The summed E-state index contributed by atoms with van der Waals surface area (Å²) < 4.78 is 16.3. The predicted molar refractivity (Wildman–Crippen MR) is 101 cm³/mol. The molecular formula is C21H16O8. The third-order valence-corrected chi connectivity index (χ3v) is 4.61. The van der Waals surface area contributed by atoms with Gasteiger partial charge in [0.05, 0.1) is 25.3 Å². The number of carboxylic acids is 1. The number of aromatic carboxylic acids is 1. The zero-order valence-corrected chi connectivity index (χ0v) is 15.6. The van der Waals surface area contributed by atoms with E-state index in [0.29, 0.717) is 39.1 Å². The van der Waals surface area contributed by atoms with Gasteiger partial charge in [0.2, 0.25) is 6.79 Å². The third-order valence-electron chi connectivity index (χ3n) is 4.61. The molecule has 0 bridgehead atoms. The van der Waals surface area contributed by atoms with E-state index < -0.39 is 11.9 Å². The molecule has 3 aromatic rings. The topological polar surface area (TPSA) is 101 Å². The number of hydrogen-bond donors (Lipinski definition) is 1. The van der Waals surface area contributed by atoms with Crippen LogP contribution in [0.4, 0.5) is 0 Å². The maximum atomic E-state index is 12.4. The van der Waals surface area contributed by atoms with Gasteiger partial charge in [0.15, 0.2) is 11.5 Å². The Morgan fingerprint density at radius 3 is 2.45 bits per heavy atom. The second-order valence-corrected chi connectivity index (χ2v) is 6.14. The van der Waals surface area contributed by atoms with Crippen LogP contribution in [0, 0.1) is 0 Å². The van der Waals surface area contributed by atoms with Crippen LogP contribution in [-0.2, 0) is 9.78 Å². The van der Waals surface area contributed by atoms with Crippen LogP contribution in [-0.4, -0.2) is 38.1 Å². The molecule has 0 radical (unpaired) electrons. The Morgan fingerprint density at radius 1 is 1.03 bits per heavy atom. The molecule has 1 heterocycles. The minimum atomic E-state index is -1.29. The van der Waals surface area contributed by atoms with Crippen molar-refractivity contribution in [2.45, 2.75) is 0 Å². The van der Waals surface area contributed by atoms with Gasteiger partial charge in [0.1, 0.15) is 5.75 Å². The number of methoxy groups -OCH3 is 1. The highest BCUT2D eigenvalue weighted by atomic mass is 17.2. The molecule has 3 aromatic carbocycles. The predicted octanol–water partition coefficient (Wildman–Crippen LogP) is 3.66. The number of fused-ring (bicyclic) bond motifs is 3. The van der Waals surface area contributed by atoms with E-state index in [4.69, 9.17) is 14.2 Å². The van der Waals surface area contributed by atoms with Gasteiger partial charge in [-0.3, -0.25) is 4.89 Å². The van der Waals surface area contributed by atoms with Crippen LogP contribution >= 0.6 is 0 Å². The fourth-order valence-corrected chi connectivity index (χ4v) is 3.40. The standard InChI is InChI=1S/C21H16O8/c1-25-13-6-3-11(4-7-13)16-17-12(5-8-15-19(17)28-10-27-15)9-14(18(16)20(22)23)21(24)29-26-2/h3-9H,10H2,1-2H3,(H,22,23). The van der Waals surface area contributed by atoms with Gasteiger partial charge in [-0.25, -0.2) is 9.59 Å². The van der Waals surface area contributed by atoms with Crippen LogP contribution in [0.3, 0.4) is 0 Å². The normalized spacial score (nSPS) is 12.1. The molecule has 1 N–H and O–H groups in total. The molecule has 4 rings (SSSR count). The molecule has 0 unspecified atom stereocenters. The van der Waals surface area contributed by atoms with Crippen molar-refractivity contribution in [3.8, 4) is 28.4 Å². The summed E-state index contributed by atoms with van der Waals surface area (Å²) >= 11 is 0. The first kappa shape index (κ1) is 18.6. The maximum absolute atomic E-state index is 12.4. The number of benzene rings is 3. The van der Waals surface area contributed by atoms with E-state index in [0.717, 1.165) is 0 Å². The summed E-state index contributed by atoms with van der Waals surface area (Å²) in [4.78, 5) is 33.8. The molecule has 0 atom stereocenters. The number of carboxylic acid groups (broad SMARTS) is 1. The molecule has 148 valence electrons. The van der Waals surface area contributed by atoms with Gasteiger partial charge in [-0.05, 0) is 35.2 Å². The van der Waals surface area contributed by atoms with Crippen molar-refractivity contribution in [2.75, 3.05) is 21.0 Å². The van der Waals surface area contributed by atoms with Crippen LogP contribution in [0.15, 0.2) is 42.5 Å². The zero-order valence-electron chi connectivity index (χ0n) is 15.6. The van der Waals surface area contributed by atoms with E-state index in [1.54, 1.807) is 36.4 Å². The average molecular weight is 396 g/mol. The van der Waals surface area contributed by atoms with Crippen LogP contribution < -0.4 is 14.2 Å². The van der Waals surface area contributed by atoms with Crippen molar-refractivity contribution >= 4 is 22.7 Å². The fourth-order valence-electron chi connectivity index (χ4n) is 3.40. The lowest BCUT2D eigenvalue weighted by atomic mass is 9.89. The van der Waals surface area contributed by atoms with Crippen molar-refractivity contribution in [1.29, 1.82) is 0 Å². The van der Waals surface area contributed by atoms with E-state index in [2.05, 4.69) is 9.78 Å². The van der Waals surface area contributed by atoms with Gasteiger partial charge in [-0.15, -0.1) is 0 Å². The second kappa shape index (κ2) is 7.33. The first-order chi connectivity index (χ1) is 14.0. The Hall–Kier alpha value is -3.78. The van der Waals surface area contributed by atoms with Crippen LogP contribution in [0.5, 0.6) is 17.2 Å². The number of carbonyl (C=O) groups excluding carboxylic acids is 1. The van der Waals surface area contributed by atoms with Crippen molar-refractivity contribution in [3.63, 3.8) is 0 Å². The second-order valence-electron chi connectivity index (χ2n) is 6.14. The van der Waals surface area contributed by atoms with Crippen molar-refractivity contribution in [1.82, 2.24) is 0 Å². The summed E-state index contributed by atoms with van der Waals surface area (Å²) in [5.41, 5.74) is 0.498. The van der Waals surface area contributed by atoms with E-state index in [9.17, 15) is 14.7 Å². The fraction of sp³-hybridized carbons (Fsp3) is 0.143. The van der Waals surface area contributed by atoms with Crippen molar-refractivity contribution in [3.05, 3.63) is 53.6 Å². The van der Waals surface area contributed by atoms with Gasteiger partial charge in [-0.2, -0.15) is 4.89 Å². The Morgan fingerprint density at radius 2 is 1.79 bits per heavy atom. The molecule has 0 aliphatic carbocycles. The molecule has 1 aliphatic heterocycles. The van der Waals surface area contributed by atoms with Gasteiger partial charge < -0.3 is 19.3 Å². The lowest BCUT2D eigenvalue weighted by Crippen LogP contribution is -2.13. The first-order valence-electron chi connectivity index (χ1n) is 8.57. The molecule has 0 spiro atoms. The van der Waals surface area contributed by atoms with Crippen molar-refractivity contribution < 1.29 is 38.7 Å². The Labute approximate surface area is 165 Å². The van der Waals surface area contributed by atoms with Gasteiger partial charge in [0, 0.05) is 10.9 Å². The quantitative estimate of drug-likeness (QED) is 0.515. The molecule has 29 heavy (non-hydrogen) atoms. The van der Waals surface area contributed by atoms with Crippen LogP contribution in [0.2, 0.25) is 0 Å². The molecule has 1 aliphatic rings.